The Morgan fingerprint density at radius 2 is 1.62 bits per heavy atom. The molecule has 0 bridgehead atoms. The second kappa shape index (κ2) is 14.9. The largest absolute Gasteiger partial charge is 0.292 e. The Kier molecular flexibility index (Phi) is 14.2. The fourth-order valence-electron chi connectivity index (χ4n) is 2.65. The Hall–Kier alpha value is -1.24. The highest BCUT2D eigenvalue weighted by Crippen LogP contribution is 2.24. The molecule has 0 saturated carbocycles. The van der Waals surface area contributed by atoms with Crippen molar-refractivity contribution in [2.75, 3.05) is 19.8 Å². The molecule has 0 aliphatic heterocycles. The Morgan fingerprint density at radius 3 is 1.96 bits per heavy atom. The van der Waals surface area contributed by atoms with Gasteiger partial charge in [0.2, 0.25) is 0 Å². The van der Waals surface area contributed by atoms with Crippen molar-refractivity contribution in [1.29, 1.82) is 0 Å². The lowest BCUT2D eigenvalue weighted by atomic mass is 10.0. The van der Waals surface area contributed by atoms with E-state index in [2.05, 4.69) is 84.8 Å². The molecule has 0 amide bonds. The molecule has 0 heterocycles. The quantitative estimate of drug-likeness (QED) is 0.285. The first-order chi connectivity index (χ1) is 12.3. The maximum absolute atomic E-state index is 10.9. The van der Waals surface area contributed by atoms with Crippen LogP contribution in [0.3, 0.4) is 0 Å². The second-order valence-electron chi connectivity index (χ2n) is 7.20. The van der Waals surface area contributed by atoms with Crippen LogP contribution in [0.15, 0.2) is 61.2 Å². The first-order valence-corrected chi connectivity index (χ1v) is 9.99. The average molecular weight is 378 g/mol. The average Bonchev–Trinajstić information content (AvgIpc) is 2.57. The summed E-state index contributed by atoms with van der Waals surface area (Å²) in [5.41, 5.74) is 1.35. The lowest BCUT2D eigenvalue weighted by molar-refractivity contribution is 0.183. The number of rotatable bonds is 9. The minimum atomic E-state index is -0.337. The van der Waals surface area contributed by atoms with Crippen LogP contribution < -0.4 is 5.30 Å². The minimum absolute atomic E-state index is 0.318. The van der Waals surface area contributed by atoms with E-state index < -0.39 is 0 Å². The second-order valence-corrected chi connectivity index (χ2v) is 7.86. The molecule has 0 N–H and O–H groups in total. The molecule has 2 unspecified atom stereocenters. The summed E-state index contributed by atoms with van der Waals surface area (Å²) in [7, 11) is 2.75. The molecule has 0 aromatic heterocycles. The van der Waals surface area contributed by atoms with Gasteiger partial charge in [-0.2, -0.15) is 0 Å². The first kappa shape index (κ1) is 24.8. The summed E-state index contributed by atoms with van der Waals surface area (Å²) in [4.78, 5) is 2.58. The number of alkyl halides is 1. The highest BCUT2D eigenvalue weighted by molar-refractivity contribution is 7.27. The van der Waals surface area contributed by atoms with Crippen LogP contribution in [0.2, 0.25) is 0 Å². The summed E-state index contributed by atoms with van der Waals surface area (Å²) >= 11 is 0. The summed E-state index contributed by atoms with van der Waals surface area (Å²) in [6.45, 7) is 16.6. The van der Waals surface area contributed by atoms with Crippen LogP contribution in [-0.2, 0) is 0 Å². The van der Waals surface area contributed by atoms with Crippen LogP contribution in [0.25, 0.3) is 0 Å². The molecule has 0 spiro atoms. The molecule has 0 aliphatic carbocycles. The van der Waals surface area contributed by atoms with Crippen LogP contribution >= 0.6 is 9.24 Å². The fourth-order valence-corrected chi connectivity index (χ4v) is 2.84. The third-order valence-electron chi connectivity index (χ3n) is 3.62. The molecule has 3 heteroatoms. The standard InChI is InChI=1S/C19H30NP.C4H7F/c1-6-7-8-19(17-9-11-18(21)12-10-17)20(13-15(2)3)14-16(4)5;1-2-3-4-5/h6-12,15-16,19H,1,13-14,21H2,2-5H3;2-3H,4H2,1H3/b8-7+;3-2-. The zero-order valence-electron chi connectivity index (χ0n) is 17.2. The smallest absolute Gasteiger partial charge is 0.108 e. The van der Waals surface area contributed by atoms with Gasteiger partial charge in [0, 0.05) is 13.1 Å². The van der Waals surface area contributed by atoms with Crippen molar-refractivity contribution in [2.45, 2.75) is 40.7 Å². The molecule has 2 atom stereocenters. The molecule has 0 radical (unpaired) electrons. The van der Waals surface area contributed by atoms with E-state index in [-0.39, 0.29) is 6.67 Å². The van der Waals surface area contributed by atoms with E-state index in [1.165, 1.54) is 16.9 Å². The van der Waals surface area contributed by atoms with Crippen molar-refractivity contribution < 1.29 is 4.39 Å². The normalized spacial score (nSPS) is 12.8. The number of nitrogens with zero attached hydrogens (tertiary/aromatic N) is 1. The molecule has 1 aromatic rings. The lowest BCUT2D eigenvalue weighted by Crippen LogP contribution is -2.34. The number of halogens is 1. The van der Waals surface area contributed by atoms with Crippen LogP contribution in [-0.4, -0.2) is 24.7 Å². The van der Waals surface area contributed by atoms with E-state index in [4.69, 9.17) is 0 Å². The summed E-state index contributed by atoms with van der Waals surface area (Å²) < 4.78 is 10.9. The molecule has 1 aromatic carbocycles. The zero-order valence-corrected chi connectivity index (χ0v) is 18.3. The van der Waals surface area contributed by atoms with Crippen LogP contribution in [0.4, 0.5) is 4.39 Å². The highest BCUT2D eigenvalue weighted by Gasteiger charge is 2.19. The van der Waals surface area contributed by atoms with E-state index in [0.29, 0.717) is 17.9 Å². The predicted molar refractivity (Wildman–Crippen MR) is 120 cm³/mol. The van der Waals surface area contributed by atoms with Crippen LogP contribution in [0.5, 0.6) is 0 Å². The predicted octanol–water partition coefficient (Wildman–Crippen LogP) is 6.12. The van der Waals surface area contributed by atoms with Crippen molar-refractivity contribution >= 4 is 14.5 Å². The number of hydrogen-bond donors (Lipinski definition) is 0. The van der Waals surface area contributed by atoms with Gasteiger partial charge in [0.15, 0.2) is 0 Å². The summed E-state index contributed by atoms with van der Waals surface area (Å²) in [5, 5.41) is 1.23. The molecule has 0 aliphatic rings. The monoisotopic (exact) mass is 377 g/mol. The van der Waals surface area contributed by atoms with Gasteiger partial charge in [-0.15, -0.1) is 9.24 Å². The number of benzene rings is 1. The summed E-state index contributed by atoms with van der Waals surface area (Å²) in [5.74, 6) is 1.31. The minimum Gasteiger partial charge on any atom is -0.292 e. The summed E-state index contributed by atoms with van der Waals surface area (Å²) in [6.07, 6.45) is 9.32. The topological polar surface area (TPSA) is 3.24 Å². The van der Waals surface area contributed by atoms with Crippen molar-refractivity contribution in [3.05, 3.63) is 66.8 Å². The van der Waals surface area contributed by atoms with Crippen molar-refractivity contribution in [1.82, 2.24) is 4.90 Å². The Bertz CT molecular complexity index is 522. The maximum Gasteiger partial charge on any atom is 0.108 e. The van der Waals surface area contributed by atoms with Gasteiger partial charge >= 0.3 is 0 Å². The zero-order chi connectivity index (χ0) is 19.9. The maximum atomic E-state index is 10.9. The van der Waals surface area contributed by atoms with E-state index in [1.807, 2.05) is 6.08 Å². The molecule has 146 valence electrons. The Labute approximate surface area is 163 Å². The fraction of sp³-hybridized carbons (Fsp3) is 0.478. The lowest BCUT2D eigenvalue weighted by Gasteiger charge is -2.33. The number of hydrogen-bond acceptors (Lipinski definition) is 1. The van der Waals surface area contributed by atoms with Gasteiger partial charge in [0.1, 0.15) is 6.67 Å². The van der Waals surface area contributed by atoms with E-state index in [0.717, 1.165) is 13.1 Å². The van der Waals surface area contributed by atoms with Gasteiger partial charge in [-0.25, -0.2) is 4.39 Å². The number of allylic oxidation sites excluding steroid dienone is 4. The third-order valence-corrected chi connectivity index (χ3v) is 4.01. The Morgan fingerprint density at radius 1 is 1.08 bits per heavy atom. The van der Waals surface area contributed by atoms with Gasteiger partial charge in [-0.3, -0.25) is 4.90 Å². The summed E-state index contributed by atoms with van der Waals surface area (Å²) in [6, 6.07) is 9.11. The van der Waals surface area contributed by atoms with Crippen LogP contribution in [0.1, 0.15) is 46.2 Å². The van der Waals surface area contributed by atoms with E-state index in [9.17, 15) is 4.39 Å². The first-order valence-electron chi connectivity index (χ1n) is 9.41. The molecule has 1 rings (SSSR count). The Balaban J connectivity index is 0.00000110. The van der Waals surface area contributed by atoms with Gasteiger partial charge < -0.3 is 0 Å². The van der Waals surface area contributed by atoms with Gasteiger partial charge in [0.25, 0.3) is 0 Å². The molecule has 26 heavy (non-hydrogen) atoms. The molecule has 0 saturated heterocycles. The third kappa shape index (κ3) is 11.4. The van der Waals surface area contributed by atoms with Crippen molar-refractivity contribution in [2.24, 2.45) is 11.8 Å². The highest BCUT2D eigenvalue weighted by atomic mass is 31.0. The molecule has 1 nitrogen and oxygen atoms in total. The van der Waals surface area contributed by atoms with E-state index in [1.54, 1.807) is 13.0 Å². The van der Waals surface area contributed by atoms with Gasteiger partial charge in [-0.05, 0) is 29.6 Å². The van der Waals surface area contributed by atoms with Crippen LogP contribution in [0, 0.1) is 11.8 Å². The molecular formula is C23H37FNP. The molecular weight excluding hydrogens is 340 g/mol. The molecule has 0 fully saturated rings. The van der Waals surface area contributed by atoms with E-state index >= 15 is 0 Å². The van der Waals surface area contributed by atoms with Crippen molar-refractivity contribution in [3.63, 3.8) is 0 Å². The van der Waals surface area contributed by atoms with Gasteiger partial charge in [0.05, 0.1) is 6.04 Å². The van der Waals surface area contributed by atoms with Crippen molar-refractivity contribution in [3.8, 4) is 0 Å². The van der Waals surface area contributed by atoms with Gasteiger partial charge in [-0.1, -0.05) is 88.9 Å². The SMILES string of the molecule is C/C=C\CF.C=C/C=C/C(c1ccc(P)cc1)N(CC(C)C)CC(C)C.